The Morgan fingerprint density at radius 1 is 1.26 bits per heavy atom. The van der Waals surface area contributed by atoms with E-state index in [-0.39, 0.29) is 25.6 Å². The number of hydrogen-bond acceptors (Lipinski definition) is 4. The molecule has 23 heavy (non-hydrogen) atoms. The Hall–Kier alpha value is -2.73. The van der Waals surface area contributed by atoms with Crippen molar-refractivity contribution in [1.29, 1.82) is 0 Å². The van der Waals surface area contributed by atoms with Crippen molar-refractivity contribution in [3.63, 3.8) is 0 Å². The average Bonchev–Trinajstić information content (AvgIpc) is 2.57. The normalized spacial score (nSPS) is 10.8. The van der Waals surface area contributed by atoms with Gasteiger partial charge in [0.15, 0.2) is 0 Å². The van der Waals surface area contributed by atoms with Crippen molar-refractivity contribution in [2.75, 3.05) is 19.7 Å². The van der Waals surface area contributed by atoms with Crippen LogP contribution in [0, 0.1) is 0 Å². The lowest BCUT2D eigenvalue weighted by molar-refractivity contribution is -0.131. The van der Waals surface area contributed by atoms with Gasteiger partial charge in [-0.25, -0.2) is 9.78 Å². The summed E-state index contributed by atoms with van der Waals surface area (Å²) >= 11 is 0. The van der Waals surface area contributed by atoms with Crippen molar-refractivity contribution < 1.29 is 9.90 Å². The second-order valence-corrected chi connectivity index (χ2v) is 4.91. The van der Waals surface area contributed by atoms with Crippen LogP contribution in [0.2, 0.25) is 0 Å². The van der Waals surface area contributed by atoms with Crippen LogP contribution in [0.5, 0.6) is 0 Å². The zero-order valence-electron chi connectivity index (χ0n) is 12.7. The molecule has 0 bridgehead atoms. The molecule has 0 radical (unpaired) electrons. The van der Waals surface area contributed by atoms with Crippen molar-refractivity contribution in [3.8, 4) is 0 Å². The Morgan fingerprint density at radius 3 is 2.74 bits per heavy atom. The summed E-state index contributed by atoms with van der Waals surface area (Å²) in [4.78, 5) is 29.0. The Balaban J connectivity index is 2.00. The molecule has 0 saturated heterocycles. The SMILES string of the molecule is O=C(Cn1cccnc1=O)N(C/C=C/c1ccccc1)CCO. The van der Waals surface area contributed by atoms with Crippen LogP contribution in [0.25, 0.3) is 6.08 Å². The van der Waals surface area contributed by atoms with Gasteiger partial charge in [0.2, 0.25) is 5.91 Å². The zero-order chi connectivity index (χ0) is 16.5. The fourth-order valence-corrected chi connectivity index (χ4v) is 2.07. The van der Waals surface area contributed by atoms with Crippen LogP contribution in [-0.2, 0) is 11.3 Å². The van der Waals surface area contributed by atoms with Crippen LogP contribution in [0.4, 0.5) is 0 Å². The predicted octanol–water partition coefficient (Wildman–Crippen LogP) is 0.778. The molecule has 0 unspecified atom stereocenters. The minimum atomic E-state index is -0.468. The molecule has 1 amide bonds. The highest BCUT2D eigenvalue weighted by molar-refractivity contribution is 5.76. The van der Waals surface area contributed by atoms with E-state index in [1.165, 1.54) is 21.9 Å². The molecule has 1 heterocycles. The van der Waals surface area contributed by atoms with E-state index in [1.54, 1.807) is 6.07 Å². The number of carbonyl (C=O) groups excluding carboxylic acids is 1. The van der Waals surface area contributed by atoms with E-state index in [4.69, 9.17) is 5.11 Å². The van der Waals surface area contributed by atoms with Gasteiger partial charge in [0.1, 0.15) is 6.54 Å². The molecule has 120 valence electrons. The van der Waals surface area contributed by atoms with Gasteiger partial charge in [0.05, 0.1) is 6.61 Å². The molecule has 2 aromatic rings. The first kappa shape index (κ1) is 16.6. The van der Waals surface area contributed by atoms with E-state index in [0.717, 1.165) is 5.56 Å². The van der Waals surface area contributed by atoms with E-state index in [1.807, 2.05) is 42.5 Å². The molecule has 0 atom stereocenters. The number of rotatable bonds is 7. The van der Waals surface area contributed by atoms with Crippen molar-refractivity contribution in [3.05, 3.63) is 70.9 Å². The van der Waals surface area contributed by atoms with Crippen LogP contribution >= 0.6 is 0 Å². The molecule has 6 nitrogen and oxygen atoms in total. The summed E-state index contributed by atoms with van der Waals surface area (Å²) in [5, 5.41) is 9.12. The lowest BCUT2D eigenvalue weighted by atomic mass is 10.2. The van der Waals surface area contributed by atoms with Gasteiger partial charge < -0.3 is 10.0 Å². The molecule has 0 aliphatic heterocycles. The Morgan fingerprint density at radius 2 is 2.04 bits per heavy atom. The highest BCUT2D eigenvalue weighted by Crippen LogP contribution is 2.02. The van der Waals surface area contributed by atoms with E-state index in [9.17, 15) is 9.59 Å². The Labute approximate surface area is 134 Å². The van der Waals surface area contributed by atoms with Crippen molar-refractivity contribution >= 4 is 12.0 Å². The Kier molecular flexibility index (Phi) is 6.26. The van der Waals surface area contributed by atoms with Gasteiger partial charge in [-0.05, 0) is 11.6 Å². The van der Waals surface area contributed by atoms with E-state index in [0.29, 0.717) is 6.54 Å². The molecular formula is C17H19N3O3. The van der Waals surface area contributed by atoms with Crippen LogP contribution in [0.15, 0.2) is 59.7 Å². The van der Waals surface area contributed by atoms with Crippen molar-refractivity contribution in [2.24, 2.45) is 0 Å². The predicted molar refractivity (Wildman–Crippen MR) is 87.6 cm³/mol. The minimum Gasteiger partial charge on any atom is -0.395 e. The van der Waals surface area contributed by atoms with Gasteiger partial charge in [0, 0.05) is 25.5 Å². The summed E-state index contributed by atoms with van der Waals surface area (Å²) < 4.78 is 1.24. The van der Waals surface area contributed by atoms with E-state index in [2.05, 4.69) is 4.98 Å². The standard InChI is InChI=1S/C17H19N3O3/c21-13-12-19(10-4-8-15-6-2-1-3-7-15)16(22)14-20-11-5-9-18-17(20)23/h1-9,11,21H,10,12-14H2/b8-4+. The molecular weight excluding hydrogens is 294 g/mol. The molecule has 0 fully saturated rings. The molecule has 0 spiro atoms. The van der Waals surface area contributed by atoms with Crippen molar-refractivity contribution in [2.45, 2.75) is 6.54 Å². The summed E-state index contributed by atoms with van der Waals surface area (Å²) in [5.41, 5.74) is 0.567. The zero-order valence-corrected chi connectivity index (χ0v) is 12.7. The second kappa shape index (κ2) is 8.65. The lowest BCUT2D eigenvalue weighted by Crippen LogP contribution is -2.38. The van der Waals surface area contributed by atoms with Gasteiger partial charge in [-0.2, -0.15) is 0 Å². The highest BCUT2D eigenvalue weighted by atomic mass is 16.3. The van der Waals surface area contributed by atoms with E-state index >= 15 is 0 Å². The summed E-state index contributed by atoms with van der Waals surface area (Å²) in [5.74, 6) is -0.244. The van der Waals surface area contributed by atoms with Crippen LogP contribution < -0.4 is 5.69 Å². The van der Waals surface area contributed by atoms with Gasteiger partial charge in [-0.3, -0.25) is 9.36 Å². The van der Waals surface area contributed by atoms with Crippen LogP contribution in [0.1, 0.15) is 5.56 Å². The minimum absolute atomic E-state index is 0.0914. The summed E-state index contributed by atoms with van der Waals surface area (Å²) in [6.45, 7) is 0.356. The first-order valence-corrected chi connectivity index (χ1v) is 7.32. The topological polar surface area (TPSA) is 75.4 Å². The third-order valence-corrected chi connectivity index (χ3v) is 3.25. The fraction of sp³-hybridized carbons (Fsp3) is 0.235. The number of benzene rings is 1. The second-order valence-electron chi connectivity index (χ2n) is 4.91. The molecule has 6 heteroatoms. The smallest absolute Gasteiger partial charge is 0.347 e. The highest BCUT2D eigenvalue weighted by Gasteiger charge is 2.12. The maximum atomic E-state index is 12.3. The first-order chi connectivity index (χ1) is 11.2. The van der Waals surface area contributed by atoms with Gasteiger partial charge in [0.25, 0.3) is 0 Å². The summed E-state index contributed by atoms with van der Waals surface area (Å²) in [6.07, 6.45) is 6.67. The maximum Gasteiger partial charge on any atom is 0.347 e. The molecule has 0 aliphatic carbocycles. The number of aliphatic hydroxyl groups is 1. The maximum absolute atomic E-state index is 12.3. The summed E-state index contributed by atoms with van der Waals surface area (Å²) in [7, 11) is 0. The molecule has 1 N–H and O–H groups in total. The lowest BCUT2D eigenvalue weighted by Gasteiger charge is -2.20. The third kappa shape index (κ3) is 5.19. The fourth-order valence-electron chi connectivity index (χ4n) is 2.07. The quantitative estimate of drug-likeness (QED) is 0.819. The number of hydrogen-bond donors (Lipinski definition) is 1. The largest absolute Gasteiger partial charge is 0.395 e. The molecule has 1 aromatic heterocycles. The molecule has 2 rings (SSSR count). The summed E-state index contributed by atoms with van der Waals surface area (Å²) in [6, 6.07) is 11.3. The first-order valence-electron chi connectivity index (χ1n) is 7.32. The number of aliphatic hydroxyl groups excluding tert-OH is 1. The van der Waals surface area contributed by atoms with Crippen LogP contribution in [-0.4, -0.2) is 45.2 Å². The number of amides is 1. The monoisotopic (exact) mass is 313 g/mol. The van der Waals surface area contributed by atoms with Gasteiger partial charge in [-0.15, -0.1) is 0 Å². The van der Waals surface area contributed by atoms with Crippen LogP contribution in [0.3, 0.4) is 0 Å². The van der Waals surface area contributed by atoms with E-state index < -0.39 is 5.69 Å². The molecule has 1 aromatic carbocycles. The number of carbonyl (C=O) groups is 1. The van der Waals surface area contributed by atoms with Gasteiger partial charge >= 0.3 is 5.69 Å². The number of aromatic nitrogens is 2. The molecule has 0 saturated carbocycles. The average molecular weight is 313 g/mol. The third-order valence-electron chi connectivity index (χ3n) is 3.25. The molecule has 0 aliphatic rings. The van der Waals surface area contributed by atoms with Gasteiger partial charge in [-0.1, -0.05) is 42.5 Å². The Bertz CT molecular complexity index is 710. The van der Waals surface area contributed by atoms with Crippen molar-refractivity contribution in [1.82, 2.24) is 14.5 Å². The number of nitrogens with zero attached hydrogens (tertiary/aromatic N) is 3.